The Hall–Kier alpha value is -0.830. The van der Waals surface area contributed by atoms with Gasteiger partial charge in [0.2, 0.25) is 0 Å². The van der Waals surface area contributed by atoms with Gasteiger partial charge >= 0.3 is 0 Å². The lowest BCUT2D eigenvalue weighted by molar-refractivity contribution is -0.358. The number of ether oxygens (including phenoxy) is 5. The molecule has 0 radical (unpaired) electrons. The Bertz CT molecular complexity index is 824. The van der Waals surface area contributed by atoms with Crippen LogP contribution >= 0.6 is 0 Å². The van der Waals surface area contributed by atoms with Gasteiger partial charge in [0.1, 0.15) is 11.9 Å². The zero-order valence-electron chi connectivity index (χ0n) is 21.8. The molecule has 6 heterocycles. The van der Waals surface area contributed by atoms with Crippen LogP contribution in [0.5, 0.6) is 0 Å². The second kappa shape index (κ2) is 10.4. The fourth-order valence-electron chi connectivity index (χ4n) is 7.72. The van der Waals surface area contributed by atoms with Gasteiger partial charge in [0, 0.05) is 44.8 Å². The molecular formula is C29H44O7. The number of aliphatic hydroxyl groups is 1. The van der Waals surface area contributed by atoms with E-state index in [2.05, 4.69) is 13.5 Å². The van der Waals surface area contributed by atoms with Gasteiger partial charge < -0.3 is 28.8 Å². The highest BCUT2D eigenvalue weighted by atomic mass is 16.7. The molecule has 7 nitrogen and oxygen atoms in total. The summed E-state index contributed by atoms with van der Waals surface area (Å²) in [7, 11) is 0. The molecule has 1 N–H and O–H groups in total. The maximum atomic E-state index is 12.7. The molecule has 7 rings (SSSR count). The lowest BCUT2D eigenvalue weighted by atomic mass is 9.62. The summed E-state index contributed by atoms with van der Waals surface area (Å²) < 4.78 is 31.4. The van der Waals surface area contributed by atoms with E-state index in [0.29, 0.717) is 44.1 Å². The van der Waals surface area contributed by atoms with Crippen molar-refractivity contribution in [3.05, 3.63) is 12.2 Å². The third-order valence-electron chi connectivity index (χ3n) is 9.81. The van der Waals surface area contributed by atoms with Crippen LogP contribution in [-0.2, 0) is 28.5 Å². The van der Waals surface area contributed by atoms with E-state index in [1.165, 1.54) is 5.57 Å². The Morgan fingerprint density at radius 3 is 2.72 bits per heavy atom. The Morgan fingerprint density at radius 2 is 1.94 bits per heavy atom. The van der Waals surface area contributed by atoms with Crippen LogP contribution in [0.15, 0.2) is 12.2 Å². The minimum atomic E-state index is -1.17. The summed E-state index contributed by atoms with van der Waals surface area (Å²) in [5.41, 5.74) is 1.17. The minimum absolute atomic E-state index is 0.0113. The molecule has 0 aromatic carbocycles. The lowest BCUT2D eigenvalue weighted by Gasteiger charge is -2.60. The summed E-state index contributed by atoms with van der Waals surface area (Å²) in [6.45, 7) is 7.77. The minimum Gasteiger partial charge on any atom is -0.381 e. The van der Waals surface area contributed by atoms with Gasteiger partial charge in [0.15, 0.2) is 5.79 Å². The number of hydrogen-bond donors (Lipinski definition) is 1. The second-order valence-corrected chi connectivity index (χ2v) is 12.4. The van der Waals surface area contributed by atoms with Crippen molar-refractivity contribution in [3.8, 4) is 0 Å². The molecular weight excluding hydrogens is 460 g/mol. The van der Waals surface area contributed by atoms with Crippen molar-refractivity contribution >= 4 is 5.78 Å². The summed E-state index contributed by atoms with van der Waals surface area (Å²) >= 11 is 0. The third-order valence-corrected chi connectivity index (χ3v) is 9.81. The Balaban J connectivity index is 1.09. The van der Waals surface area contributed by atoms with Gasteiger partial charge in [0.25, 0.3) is 0 Å². The van der Waals surface area contributed by atoms with Crippen molar-refractivity contribution in [3.63, 3.8) is 0 Å². The average Bonchev–Trinajstić information content (AvgIpc) is 3.47. The molecule has 36 heavy (non-hydrogen) atoms. The van der Waals surface area contributed by atoms with Crippen LogP contribution in [0.3, 0.4) is 0 Å². The highest BCUT2D eigenvalue weighted by Gasteiger charge is 2.60. The quantitative estimate of drug-likeness (QED) is 0.499. The van der Waals surface area contributed by atoms with Gasteiger partial charge in [-0.3, -0.25) is 4.79 Å². The first-order valence-corrected chi connectivity index (χ1v) is 14.5. The van der Waals surface area contributed by atoms with Crippen molar-refractivity contribution < 1.29 is 33.6 Å². The first kappa shape index (κ1) is 25.4. The van der Waals surface area contributed by atoms with E-state index in [9.17, 15) is 9.90 Å². The molecule has 1 aliphatic carbocycles. The largest absolute Gasteiger partial charge is 0.381 e. The summed E-state index contributed by atoms with van der Waals surface area (Å²) in [6.07, 6.45) is 9.49. The van der Waals surface area contributed by atoms with E-state index in [4.69, 9.17) is 23.7 Å². The summed E-state index contributed by atoms with van der Waals surface area (Å²) in [6, 6.07) is 0. The highest BCUT2D eigenvalue weighted by molar-refractivity contribution is 5.79. The molecule has 7 fully saturated rings. The van der Waals surface area contributed by atoms with Crippen LogP contribution in [-0.4, -0.2) is 72.6 Å². The molecule has 7 aliphatic rings. The Morgan fingerprint density at radius 1 is 1.06 bits per heavy atom. The Labute approximate surface area is 215 Å². The van der Waals surface area contributed by atoms with Crippen LogP contribution in [0.2, 0.25) is 0 Å². The first-order valence-electron chi connectivity index (χ1n) is 14.5. The smallest absolute Gasteiger partial charge is 0.166 e. The maximum absolute atomic E-state index is 12.7. The molecule has 2 unspecified atom stereocenters. The van der Waals surface area contributed by atoms with Crippen LogP contribution in [0.25, 0.3) is 0 Å². The molecule has 202 valence electrons. The van der Waals surface area contributed by atoms with Gasteiger partial charge in [0.05, 0.1) is 36.6 Å². The SMILES string of the molecule is C=C1C[C@H](CC[C@@]2(O)CC[C@@H]3C[C@@H]4C3O[C@H]3CC[C@H](CC(=O)C[C@@H]5CCOC5)OC3[C@@H]4O2)O[C@H]1CC. The van der Waals surface area contributed by atoms with E-state index in [-0.39, 0.29) is 54.4 Å². The number of carbonyl (C=O) groups is 1. The van der Waals surface area contributed by atoms with Crippen molar-refractivity contribution in [1.82, 2.24) is 0 Å². The standard InChI is InChI=1S/C29H44O7/c1-3-24-17(2)12-22(33-24)7-10-29(31)9-6-19-14-23-26(19)35-25-5-4-21(34-28(25)27(23)36-29)15-20(30)13-18-8-11-32-16-18/h18-19,21-28,31H,2-16H2,1H3/t18-,19+,21+,22-,23+,24-,25-,26?,27+,28?,29+/m0/s1. The number of fused-ring (bicyclic) bond motifs is 4. The van der Waals surface area contributed by atoms with Crippen molar-refractivity contribution in [2.24, 2.45) is 17.8 Å². The molecule has 11 atom stereocenters. The van der Waals surface area contributed by atoms with E-state index >= 15 is 0 Å². The number of hydrogen-bond acceptors (Lipinski definition) is 7. The van der Waals surface area contributed by atoms with Gasteiger partial charge in [-0.25, -0.2) is 0 Å². The molecule has 0 spiro atoms. The van der Waals surface area contributed by atoms with E-state index in [1.807, 2.05) is 0 Å². The predicted molar refractivity (Wildman–Crippen MR) is 132 cm³/mol. The molecule has 0 amide bonds. The van der Waals surface area contributed by atoms with Crippen LogP contribution < -0.4 is 0 Å². The molecule has 4 bridgehead atoms. The van der Waals surface area contributed by atoms with E-state index in [0.717, 1.165) is 58.0 Å². The molecule has 0 aromatic rings. The van der Waals surface area contributed by atoms with E-state index < -0.39 is 5.79 Å². The van der Waals surface area contributed by atoms with Gasteiger partial charge in [-0.2, -0.15) is 0 Å². The summed E-state index contributed by atoms with van der Waals surface area (Å²) in [5, 5.41) is 11.7. The van der Waals surface area contributed by atoms with Gasteiger partial charge in [-0.1, -0.05) is 13.5 Å². The summed E-state index contributed by atoms with van der Waals surface area (Å²) in [5.74, 6) is 0.217. The fraction of sp³-hybridized carbons (Fsp3) is 0.897. The van der Waals surface area contributed by atoms with Crippen molar-refractivity contribution in [2.45, 2.75) is 132 Å². The average molecular weight is 505 g/mol. The zero-order valence-corrected chi connectivity index (χ0v) is 21.8. The predicted octanol–water partition coefficient (Wildman–Crippen LogP) is 4.09. The molecule has 0 aromatic heterocycles. The monoisotopic (exact) mass is 504 g/mol. The normalized spacial score (nSPS) is 48.1. The fourth-order valence-corrected chi connectivity index (χ4v) is 7.72. The highest BCUT2D eigenvalue weighted by Crippen LogP contribution is 2.53. The van der Waals surface area contributed by atoms with E-state index in [1.54, 1.807) is 0 Å². The first-order chi connectivity index (χ1) is 17.4. The molecule has 7 heteroatoms. The van der Waals surface area contributed by atoms with Gasteiger partial charge in [-0.05, 0) is 68.8 Å². The molecule has 1 saturated carbocycles. The van der Waals surface area contributed by atoms with Crippen LogP contribution in [0, 0.1) is 17.8 Å². The maximum Gasteiger partial charge on any atom is 0.166 e. The van der Waals surface area contributed by atoms with Crippen molar-refractivity contribution in [1.29, 1.82) is 0 Å². The second-order valence-electron chi connectivity index (χ2n) is 12.4. The van der Waals surface area contributed by atoms with Crippen LogP contribution in [0.1, 0.15) is 84.0 Å². The number of rotatable bonds is 8. The summed E-state index contributed by atoms with van der Waals surface area (Å²) in [4.78, 5) is 12.7. The number of Topliss-reactive ketones (excluding diaryl/α,β-unsaturated/α-hetero) is 1. The molecule has 6 aliphatic heterocycles. The lowest BCUT2D eigenvalue weighted by Crippen LogP contribution is -2.68. The zero-order chi connectivity index (χ0) is 24.9. The number of carbonyl (C=O) groups excluding carboxylic acids is 1. The van der Waals surface area contributed by atoms with Crippen molar-refractivity contribution in [2.75, 3.05) is 13.2 Å². The van der Waals surface area contributed by atoms with Crippen LogP contribution in [0.4, 0.5) is 0 Å². The Kier molecular flexibility index (Phi) is 7.34. The topological polar surface area (TPSA) is 83.5 Å². The number of ketones is 1. The third kappa shape index (κ3) is 5.08. The van der Waals surface area contributed by atoms with Gasteiger partial charge in [-0.15, -0.1) is 0 Å². The molecule has 6 saturated heterocycles.